The van der Waals surface area contributed by atoms with E-state index in [0.717, 1.165) is 18.1 Å². The standard InChI is InChI=1S/C18H22N4/c1-3-4-5-14-6-7-15-8-9-20-18(16(15)12-14)21-13-17-19-10-11-22(17)2/h6-12H,3-5,13H2,1-2H3,(H,20,21). The van der Waals surface area contributed by atoms with Crippen molar-refractivity contribution in [3.05, 3.63) is 54.2 Å². The average Bonchev–Trinajstić information content (AvgIpc) is 2.96. The maximum absolute atomic E-state index is 4.51. The Morgan fingerprint density at radius 2 is 2.05 bits per heavy atom. The molecule has 4 heteroatoms. The predicted octanol–water partition coefficient (Wildman–Crippen LogP) is 3.92. The molecule has 0 spiro atoms. The molecule has 0 bridgehead atoms. The van der Waals surface area contributed by atoms with Crippen molar-refractivity contribution in [3.63, 3.8) is 0 Å². The first-order chi connectivity index (χ1) is 10.8. The molecule has 1 N–H and O–H groups in total. The normalized spacial score (nSPS) is 11.0. The molecule has 0 fully saturated rings. The fourth-order valence-corrected chi connectivity index (χ4v) is 2.62. The number of hydrogen-bond acceptors (Lipinski definition) is 3. The molecule has 0 unspecified atom stereocenters. The summed E-state index contributed by atoms with van der Waals surface area (Å²) in [4.78, 5) is 8.85. The summed E-state index contributed by atoms with van der Waals surface area (Å²) in [7, 11) is 2.00. The number of imidazole rings is 1. The van der Waals surface area contributed by atoms with Crippen LogP contribution in [-0.4, -0.2) is 14.5 Å². The monoisotopic (exact) mass is 294 g/mol. The summed E-state index contributed by atoms with van der Waals surface area (Å²) in [5.41, 5.74) is 1.38. The highest BCUT2D eigenvalue weighted by molar-refractivity contribution is 5.92. The van der Waals surface area contributed by atoms with Gasteiger partial charge in [0.15, 0.2) is 0 Å². The van der Waals surface area contributed by atoms with Gasteiger partial charge in [-0.15, -0.1) is 0 Å². The quantitative estimate of drug-likeness (QED) is 0.749. The van der Waals surface area contributed by atoms with Gasteiger partial charge in [0.05, 0.1) is 6.54 Å². The van der Waals surface area contributed by atoms with Crippen LogP contribution in [0.2, 0.25) is 0 Å². The van der Waals surface area contributed by atoms with E-state index >= 15 is 0 Å². The van der Waals surface area contributed by atoms with E-state index in [4.69, 9.17) is 0 Å². The Bertz CT molecular complexity index is 761. The first-order valence-corrected chi connectivity index (χ1v) is 7.85. The van der Waals surface area contributed by atoms with Crippen LogP contribution < -0.4 is 5.32 Å². The number of fused-ring (bicyclic) bond motifs is 1. The molecule has 22 heavy (non-hydrogen) atoms. The zero-order valence-corrected chi connectivity index (χ0v) is 13.2. The summed E-state index contributed by atoms with van der Waals surface area (Å²) < 4.78 is 2.02. The third-order valence-electron chi connectivity index (χ3n) is 3.98. The minimum Gasteiger partial charge on any atom is -0.362 e. The minimum atomic E-state index is 0.675. The number of aryl methyl sites for hydroxylation is 2. The van der Waals surface area contributed by atoms with Crippen LogP contribution in [-0.2, 0) is 20.0 Å². The molecule has 0 aliphatic heterocycles. The van der Waals surface area contributed by atoms with Crippen LogP contribution in [0.1, 0.15) is 31.2 Å². The zero-order chi connectivity index (χ0) is 15.4. The van der Waals surface area contributed by atoms with Crippen molar-refractivity contribution < 1.29 is 0 Å². The molecular weight excluding hydrogens is 272 g/mol. The number of anilines is 1. The molecule has 2 heterocycles. The SMILES string of the molecule is CCCCc1ccc2ccnc(NCc3nccn3C)c2c1. The number of unbranched alkanes of at least 4 members (excludes halogenated alkanes) is 1. The fraction of sp³-hybridized carbons (Fsp3) is 0.333. The van der Waals surface area contributed by atoms with Crippen LogP contribution >= 0.6 is 0 Å². The van der Waals surface area contributed by atoms with Crippen LogP contribution in [0.15, 0.2) is 42.9 Å². The topological polar surface area (TPSA) is 42.7 Å². The molecule has 3 rings (SSSR count). The van der Waals surface area contributed by atoms with Crippen LogP contribution in [0.5, 0.6) is 0 Å². The molecular formula is C18H22N4. The smallest absolute Gasteiger partial charge is 0.134 e. The molecule has 3 aromatic rings. The van der Waals surface area contributed by atoms with Crippen LogP contribution in [0.4, 0.5) is 5.82 Å². The maximum Gasteiger partial charge on any atom is 0.134 e. The highest BCUT2D eigenvalue weighted by Gasteiger charge is 2.05. The Hall–Kier alpha value is -2.36. The van der Waals surface area contributed by atoms with E-state index < -0.39 is 0 Å². The zero-order valence-electron chi connectivity index (χ0n) is 13.2. The van der Waals surface area contributed by atoms with Gasteiger partial charge < -0.3 is 9.88 Å². The molecule has 1 aromatic carbocycles. The first-order valence-electron chi connectivity index (χ1n) is 7.85. The average molecular weight is 294 g/mol. The summed E-state index contributed by atoms with van der Waals surface area (Å²) in [6.07, 6.45) is 9.19. The Balaban J connectivity index is 1.86. The number of benzene rings is 1. The lowest BCUT2D eigenvalue weighted by Crippen LogP contribution is -2.07. The fourth-order valence-electron chi connectivity index (χ4n) is 2.62. The van der Waals surface area contributed by atoms with E-state index in [-0.39, 0.29) is 0 Å². The molecule has 0 amide bonds. The van der Waals surface area contributed by atoms with E-state index in [0.29, 0.717) is 6.54 Å². The molecule has 4 nitrogen and oxygen atoms in total. The largest absolute Gasteiger partial charge is 0.362 e. The number of nitrogens with zero attached hydrogens (tertiary/aromatic N) is 3. The molecule has 2 aromatic heterocycles. The molecule has 0 saturated carbocycles. The van der Waals surface area contributed by atoms with Crippen LogP contribution in [0, 0.1) is 0 Å². The summed E-state index contributed by atoms with van der Waals surface area (Å²) in [6.45, 7) is 2.90. The lowest BCUT2D eigenvalue weighted by molar-refractivity contribution is 0.796. The van der Waals surface area contributed by atoms with E-state index in [1.54, 1.807) is 0 Å². The third-order valence-corrected chi connectivity index (χ3v) is 3.98. The van der Waals surface area contributed by atoms with E-state index in [1.165, 1.54) is 29.2 Å². The van der Waals surface area contributed by atoms with E-state index in [2.05, 4.69) is 46.5 Å². The van der Waals surface area contributed by atoms with Gasteiger partial charge in [-0.3, -0.25) is 0 Å². The molecule has 114 valence electrons. The molecule has 0 aliphatic rings. The summed E-state index contributed by atoms with van der Waals surface area (Å²) >= 11 is 0. The number of aromatic nitrogens is 3. The van der Waals surface area contributed by atoms with Crippen molar-refractivity contribution in [2.24, 2.45) is 7.05 Å². The van der Waals surface area contributed by atoms with Gasteiger partial charge in [0.1, 0.15) is 11.6 Å². The second-order valence-corrected chi connectivity index (χ2v) is 5.63. The number of hydrogen-bond donors (Lipinski definition) is 1. The Kier molecular flexibility index (Phi) is 4.37. The van der Waals surface area contributed by atoms with Crippen molar-refractivity contribution >= 4 is 16.6 Å². The highest BCUT2D eigenvalue weighted by atomic mass is 15.1. The Morgan fingerprint density at radius 3 is 2.82 bits per heavy atom. The van der Waals surface area contributed by atoms with Gasteiger partial charge in [-0.2, -0.15) is 0 Å². The Labute approximate surface area is 131 Å². The summed E-state index contributed by atoms with van der Waals surface area (Å²) in [5.74, 6) is 1.93. The molecule has 0 aliphatic carbocycles. The maximum atomic E-state index is 4.51. The van der Waals surface area contributed by atoms with Crippen molar-refractivity contribution in [2.75, 3.05) is 5.32 Å². The van der Waals surface area contributed by atoms with Crippen molar-refractivity contribution in [2.45, 2.75) is 32.7 Å². The lowest BCUT2D eigenvalue weighted by Gasteiger charge is -2.10. The highest BCUT2D eigenvalue weighted by Crippen LogP contribution is 2.23. The second-order valence-electron chi connectivity index (χ2n) is 5.63. The van der Waals surface area contributed by atoms with E-state index in [1.807, 2.05) is 30.2 Å². The van der Waals surface area contributed by atoms with Crippen molar-refractivity contribution in [3.8, 4) is 0 Å². The summed E-state index contributed by atoms with van der Waals surface area (Å²) in [5, 5.41) is 5.83. The van der Waals surface area contributed by atoms with Crippen molar-refractivity contribution in [1.29, 1.82) is 0 Å². The predicted molar refractivity (Wildman–Crippen MR) is 90.9 cm³/mol. The molecule has 0 radical (unpaired) electrons. The summed E-state index contributed by atoms with van der Waals surface area (Å²) in [6, 6.07) is 8.73. The Morgan fingerprint density at radius 1 is 1.14 bits per heavy atom. The first kappa shape index (κ1) is 14.6. The van der Waals surface area contributed by atoms with E-state index in [9.17, 15) is 0 Å². The third kappa shape index (κ3) is 3.11. The van der Waals surface area contributed by atoms with Gasteiger partial charge in [-0.1, -0.05) is 25.5 Å². The minimum absolute atomic E-state index is 0.675. The van der Waals surface area contributed by atoms with Gasteiger partial charge in [0.25, 0.3) is 0 Å². The van der Waals surface area contributed by atoms with Gasteiger partial charge in [0, 0.05) is 31.0 Å². The van der Waals surface area contributed by atoms with Gasteiger partial charge in [0.2, 0.25) is 0 Å². The van der Waals surface area contributed by atoms with Gasteiger partial charge in [-0.05, 0) is 35.9 Å². The molecule has 0 saturated heterocycles. The van der Waals surface area contributed by atoms with Crippen LogP contribution in [0.3, 0.4) is 0 Å². The van der Waals surface area contributed by atoms with Gasteiger partial charge in [-0.25, -0.2) is 9.97 Å². The van der Waals surface area contributed by atoms with Crippen LogP contribution in [0.25, 0.3) is 10.8 Å². The lowest BCUT2D eigenvalue weighted by atomic mass is 10.0. The number of pyridine rings is 1. The van der Waals surface area contributed by atoms with Crippen molar-refractivity contribution in [1.82, 2.24) is 14.5 Å². The number of rotatable bonds is 6. The molecule has 0 atom stereocenters. The second kappa shape index (κ2) is 6.60. The number of nitrogens with one attached hydrogen (secondary N) is 1. The van der Waals surface area contributed by atoms with Gasteiger partial charge >= 0.3 is 0 Å².